The van der Waals surface area contributed by atoms with Gasteiger partial charge < -0.3 is 4.57 Å². The number of halogens is 1. The zero-order valence-electron chi connectivity index (χ0n) is 15.2. The molecule has 0 atom stereocenters. The third-order valence-corrected chi connectivity index (χ3v) is 5.18. The Bertz CT molecular complexity index is 1350. The Morgan fingerprint density at radius 3 is 1.86 bits per heavy atom. The fourth-order valence-electron chi connectivity index (χ4n) is 3.98. The van der Waals surface area contributed by atoms with Gasteiger partial charge in [0.05, 0.1) is 21.5 Å². The van der Waals surface area contributed by atoms with E-state index in [2.05, 4.69) is 0 Å². The van der Waals surface area contributed by atoms with E-state index >= 15 is 0 Å². The number of hydrogen-bond donors (Lipinski definition) is 0. The minimum atomic E-state index is -0.491. The van der Waals surface area contributed by atoms with Crippen LogP contribution in [0.4, 0.5) is 10.1 Å². The van der Waals surface area contributed by atoms with Crippen LogP contribution in [0.3, 0.4) is 0 Å². The summed E-state index contributed by atoms with van der Waals surface area (Å²) in [6.45, 7) is 0. The second-order valence-corrected chi connectivity index (χ2v) is 6.78. The Labute approximate surface area is 165 Å². The first-order valence-electron chi connectivity index (χ1n) is 9.17. The van der Waals surface area contributed by atoms with Crippen molar-refractivity contribution in [3.8, 4) is 16.8 Å². The quantitative estimate of drug-likeness (QED) is 0.264. The minimum Gasteiger partial charge on any atom is -0.303 e. The second-order valence-electron chi connectivity index (χ2n) is 6.78. The van der Waals surface area contributed by atoms with E-state index in [-0.39, 0.29) is 16.8 Å². The van der Waals surface area contributed by atoms with Crippen LogP contribution in [0.5, 0.6) is 0 Å². The Balaban J connectivity index is 1.92. The SMILES string of the molecule is O=[N+]([O-])c1c(-c2ccccc2F)cccc1-n1c2ccccc2c2ccccc21. The van der Waals surface area contributed by atoms with Crippen LogP contribution >= 0.6 is 0 Å². The number of fused-ring (bicyclic) bond motifs is 3. The second kappa shape index (κ2) is 6.56. The summed E-state index contributed by atoms with van der Waals surface area (Å²) in [6, 6.07) is 26.7. The molecule has 0 spiro atoms. The molecule has 0 aliphatic rings. The van der Waals surface area contributed by atoms with Crippen molar-refractivity contribution in [1.29, 1.82) is 0 Å². The summed E-state index contributed by atoms with van der Waals surface area (Å²) in [6.07, 6.45) is 0. The first kappa shape index (κ1) is 17.1. The van der Waals surface area contributed by atoms with Gasteiger partial charge in [0, 0.05) is 16.3 Å². The lowest BCUT2D eigenvalue weighted by Crippen LogP contribution is -2.02. The van der Waals surface area contributed by atoms with Gasteiger partial charge in [0.25, 0.3) is 0 Å². The normalized spacial score (nSPS) is 11.2. The molecule has 0 aliphatic carbocycles. The number of aromatic nitrogens is 1. The number of nitrogens with zero attached hydrogens (tertiary/aromatic N) is 2. The van der Waals surface area contributed by atoms with E-state index in [1.54, 1.807) is 36.4 Å². The molecular formula is C24H15FN2O2. The summed E-state index contributed by atoms with van der Waals surface area (Å²) in [5, 5.41) is 14.2. The number of hydrogen-bond acceptors (Lipinski definition) is 2. The zero-order valence-corrected chi connectivity index (χ0v) is 15.2. The van der Waals surface area contributed by atoms with Crippen molar-refractivity contribution in [3.05, 3.63) is 107 Å². The molecule has 0 saturated heterocycles. The van der Waals surface area contributed by atoms with Gasteiger partial charge in [0.2, 0.25) is 0 Å². The van der Waals surface area contributed by atoms with Crippen LogP contribution in [0, 0.1) is 15.9 Å². The topological polar surface area (TPSA) is 48.1 Å². The molecule has 140 valence electrons. The monoisotopic (exact) mass is 382 g/mol. The highest BCUT2D eigenvalue weighted by Crippen LogP contribution is 2.40. The van der Waals surface area contributed by atoms with E-state index < -0.39 is 10.7 Å². The fourth-order valence-corrected chi connectivity index (χ4v) is 3.98. The van der Waals surface area contributed by atoms with Crippen molar-refractivity contribution >= 4 is 27.5 Å². The van der Waals surface area contributed by atoms with Gasteiger partial charge in [0.15, 0.2) is 0 Å². The molecule has 5 rings (SSSR count). The first-order chi connectivity index (χ1) is 14.2. The number of nitro benzene ring substituents is 1. The third kappa shape index (κ3) is 2.59. The highest BCUT2D eigenvalue weighted by molar-refractivity contribution is 6.09. The van der Waals surface area contributed by atoms with E-state index in [9.17, 15) is 14.5 Å². The summed E-state index contributed by atoms with van der Waals surface area (Å²) in [7, 11) is 0. The van der Waals surface area contributed by atoms with E-state index in [0.29, 0.717) is 5.69 Å². The van der Waals surface area contributed by atoms with Crippen LogP contribution in [0.1, 0.15) is 0 Å². The number of para-hydroxylation sites is 3. The maximum absolute atomic E-state index is 14.5. The molecule has 1 aromatic heterocycles. The molecule has 29 heavy (non-hydrogen) atoms. The maximum Gasteiger partial charge on any atom is 0.301 e. The van der Waals surface area contributed by atoms with Gasteiger partial charge in [-0.1, -0.05) is 60.7 Å². The standard InChI is InChI=1S/C24H15FN2O2/c25-20-12-4-1-8-16(20)19-11-7-15-23(24(19)27(28)29)26-21-13-5-2-9-17(21)18-10-3-6-14-22(18)26/h1-15H. The van der Waals surface area contributed by atoms with E-state index in [0.717, 1.165) is 21.8 Å². The van der Waals surface area contributed by atoms with Crippen LogP contribution in [0.25, 0.3) is 38.6 Å². The van der Waals surface area contributed by atoms with Gasteiger partial charge >= 0.3 is 5.69 Å². The highest BCUT2D eigenvalue weighted by Gasteiger charge is 2.25. The van der Waals surface area contributed by atoms with Gasteiger partial charge in [-0.2, -0.15) is 0 Å². The van der Waals surface area contributed by atoms with E-state index in [1.807, 2.05) is 53.1 Å². The Hall–Kier alpha value is -3.99. The van der Waals surface area contributed by atoms with Gasteiger partial charge in [0.1, 0.15) is 11.5 Å². The molecule has 0 saturated carbocycles. The maximum atomic E-state index is 14.5. The molecule has 4 nitrogen and oxygen atoms in total. The summed E-state index contributed by atoms with van der Waals surface area (Å²) in [4.78, 5) is 11.7. The van der Waals surface area contributed by atoms with Crippen LogP contribution in [0.2, 0.25) is 0 Å². The van der Waals surface area contributed by atoms with E-state index in [1.165, 1.54) is 6.07 Å². The molecule has 0 radical (unpaired) electrons. The zero-order chi connectivity index (χ0) is 20.0. The summed E-state index contributed by atoms with van der Waals surface area (Å²) in [5.74, 6) is -0.491. The first-order valence-corrected chi connectivity index (χ1v) is 9.17. The highest BCUT2D eigenvalue weighted by atomic mass is 19.1. The Morgan fingerprint density at radius 1 is 0.690 bits per heavy atom. The Kier molecular flexibility index (Phi) is 3.88. The van der Waals surface area contributed by atoms with Crippen molar-refractivity contribution in [2.75, 3.05) is 0 Å². The lowest BCUT2D eigenvalue weighted by molar-refractivity contribution is -0.383. The third-order valence-electron chi connectivity index (χ3n) is 5.18. The molecule has 0 bridgehead atoms. The van der Waals surface area contributed by atoms with Crippen LogP contribution in [-0.4, -0.2) is 9.49 Å². The summed E-state index contributed by atoms with van der Waals surface area (Å²) >= 11 is 0. The predicted octanol–water partition coefficient (Wildman–Crippen LogP) is 6.50. The largest absolute Gasteiger partial charge is 0.303 e. The van der Waals surface area contributed by atoms with Gasteiger partial charge in [-0.25, -0.2) is 4.39 Å². The molecule has 0 amide bonds. The number of benzene rings is 4. The minimum absolute atomic E-state index is 0.121. The lowest BCUT2D eigenvalue weighted by atomic mass is 10.0. The lowest BCUT2D eigenvalue weighted by Gasteiger charge is -2.12. The fraction of sp³-hybridized carbons (Fsp3) is 0. The van der Waals surface area contributed by atoms with Crippen molar-refractivity contribution in [2.24, 2.45) is 0 Å². The average Bonchev–Trinajstić information content (AvgIpc) is 3.08. The molecule has 5 aromatic rings. The Morgan fingerprint density at radius 2 is 1.24 bits per heavy atom. The molecule has 0 fully saturated rings. The molecule has 0 N–H and O–H groups in total. The summed E-state index contributed by atoms with van der Waals surface area (Å²) in [5.41, 5.74) is 2.48. The smallest absolute Gasteiger partial charge is 0.301 e. The predicted molar refractivity (Wildman–Crippen MR) is 113 cm³/mol. The molecular weight excluding hydrogens is 367 g/mol. The molecule has 5 heteroatoms. The van der Waals surface area contributed by atoms with E-state index in [4.69, 9.17) is 0 Å². The van der Waals surface area contributed by atoms with Crippen molar-refractivity contribution in [1.82, 2.24) is 4.57 Å². The number of rotatable bonds is 3. The number of nitro groups is 1. The van der Waals surface area contributed by atoms with Crippen LogP contribution < -0.4 is 0 Å². The summed E-state index contributed by atoms with van der Waals surface area (Å²) < 4.78 is 16.4. The van der Waals surface area contributed by atoms with Gasteiger partial charge in [-0.15, -0.1) is 0 Å². The van der Waals surface area contributed by atoms with Crippen LogP contribution in [-0.2, 0) is 0 Å². The molecule has 0 unspecified atom stereocenters. The van der Waals surface area contributed by atoms with Crippen molar-refractivity contribution in [3.63, 3.8) is 0 Å². The molecule has 0 aliphatic heterocycles. The van der Waals surface area contributed by atoms with Gasteiger partial charge in [-0.05, 0) is 30.3 Å². The van der Waals surface area contributed by atoms with Crippen molar-refractivity contribution in [2.45, 2.75) is 0 Å². The van der Waals surface area contributed by atoms with Crippen LogP contribution in [0.15, 0.2) is 91.0 Å². The average molecular weight is 382 g/mol. The molecule has 4 aromatic carbocycles. The van der Waals surface area contributed by atoms with Crippen molar-refractivity contribution < 1.29 is 9.31 Å². The molecule has 1 heterocycles. The van der Waals surface area contributed by atoms with Gasteiger partial charge in [-0.3, -0.25) is 10.1 Å².